The van der Waals surface area contributed by atoms with Gasteiger partial charge in [-0.25, -0.2) is 0 Å². The molecule has 0 aromatic carbocycles. The second-order valence-corrected chi connectivity index (χ2v) is 5.70. The predicted octanol–water partition coefficient (Wildman–Crippen LogP) is 2.66. The molecule has 0 radical (unpaired) electrons. The number of aromatic nitrogens is 4. The van der Waals surface area contributed by atoms with E-state index in [0.29, 0.717) is 6.04 Å². The minimum atomic E-state index is 0.306. The fourth-order valence-corrected chi connectivity index (χ4v) is 2.42. The van der Waals surface area contributed by atoms with E-state index in [-0.39, 0.29) is 0 Å². The van der Waals surface area contributed by atoms with Crippen molar-refractivity contribution in [1.29, 1.82) is 0 Å². The van der Waals surface area contributed by atoms with E-state index in [2.05, 4.69) is 27.5 Å². The highest BCUT2D eigenvalue weighted by molar-refractivity contribution is 5.56. The maximum atomic E-state index is 5.66. The van der Waals surface area contributed by atoms with Gasteiger partial charge < -0.3 is 9.73 Å². The van der Waals surface area contributed by atoms with Gasteiger partial charge >= 0.3 is 0 Å². The number of rotatable bonds is 6. The topological polar surface area (TPSA) is 71.7 Å². The molecule has 0 aliphatic rings. The number of aryl methyl sites for hydroxylation is 2. The van der Waals surface area contributed by atoms with Crippen LogP contribution in [-0.2, 0) is 13.1 Å². The summed E-state index contributed by atoms with van der Waals surface area (Å²) >= 11 is 0. The highest BCUT2D eigenvalue weighted by atomic mass is 16.3. The van der Waals surface area contributed by atoms with Crippen LogP contribution in [0.1, 0.15) is 23.8 Å². The Bertz CT molecular complexity index is 739. The van der Waals surface area contributed by atoms with Crippen LogP contribution in [0.3, 0.4) is 0 Å². The summed E-state index contributed by atoms with van der Waals surface area (Å²) in [5.41, 5.74) is 3.21. The van der Waals surface area contributed by atoms with Crippen LogP contribution in [0.25, 0.3) is 11.5 Å². The van der Waals surface area contributed by atoms with Crippen LogP contribution in [0.5, 0.6) is 0 Å². The molecule has 0 aliphatic carbocycles. The molecule has 0 spiro atoms. The molecule has 1 unspecified atom stereocenters. The Labute approximate surface area is 129 Å². The van der Waals surface area contributed by atoms with Gasteiger partial charge in [-0.05, 0) is 38.5 Å². The molecule has 0 saturated heterocycles. The Morgan fingerprint density at radius 3 is 2.86 bits per heavy atom. The standard InChI is InChI=1S/C16H21N5O/c1-11-6-19-21(9-11)10-12(2)17-7-14-8-18-20-16(14)15-5-4-13(3)22-15/h4-6,8-9,12,17H,7,10H2,1-3H3,(H,18,20). The molecule has 0 aliphatic heterocycles. The van der Waals surface area contributed by atoms with E-state index in [0.717, 1.165) is 35.9 Å². The molecule has 1 atom stereocenters. The fourth-order valence-electron chi connectivity index (χ4n) is 2.42. The zero-order valence-corrected chi connectivity index (χ0v) is 13.1. The number of nitrogens with one attached hydrogen (secondary N) is 2. The van der Waals surface area contributed by atoms with Crippen LogP contribution >= 0.6 is 0 Å². The first-order valence-electron chi connectivity index (χ1n) is 7.43. The van der Waals surface area contributed by atoms with Crippen LogP contribution in [0.2, 0.25) is 0 Å². The lowest BCUT2D eigenvalue weighted by Gasteiger charge is -2.13. The summed E-state index contributed by atoms with van der Waals surface area (Å²) in [5.74, 6) is 1.72. The van der Waals surface area contributed by atoms with Gasteiger partial charge in [0, 0.05) is 24.3 Å². The smallest absolute Gasteiger partial charge is 0.152 e. The maximum Gasteiger partial charge on any atom is 0.152 e. The second kappa shape index (κ2) is 6.19. The van der Waals surface area contributed by atoms with Gasteiger partial charge in [0.25, 0.3) is 0 Å². The number of nitrogens with zero attached hydrogens (tertiary/aromatic N) is 3. The first-order valence-corrected chi connectivity index (χ1v) is 7.43. The molecule has 116 valence electrons. The van der Waals surface area contributed by atoms with Crippen LogP contribution in [0, 0.1) is 13.8 Å². The van der Waals surface area contributed by atoms with Crippen LogP contribution in [0.4, 0.5) is 0 Å². The number of furan rings is 1. The van der Waals surface area contributed by atoms with Gasteiger partial charge in [-0.2, -0.15) is 10.2 Å². The monoisotopic (exact) mass is 299 g/mol. The minimum absolute atomic E-state index is 0.306. The van der Waals surface area contributed by atoms with E-state index in [4.69, 9.17) is 4.42 Å². The predicted molar refractivity (Wildman–Crippen MR) is 84.3 cm³/mol. The Hall–Kier alpha value is -2.34. The average Bonchev–Trinajstić information content (AvgIpc) is 3.18. The number of hydrogen-bond acceptors (Lipinski definition) is 4. The van der Waals surface area contributed by atoms with E-state index < -0.39 is 0 Å². The van der Waals surface area contributed by atoms with Crippen LogP contribution in [0.15, 0.2) is 35.1 Å². The van der Waals surface area contributed by atoms with E-state index >= 15 is 0 Å². The van der Waals surface area contributed by atoms with Crippen molar-refractivity contribution in [2.45, 2.75) is 39.9 Å². The normalized spacial score (nSPS) is 12.7. The largest absolute Gasteiger partial charge is 0.460 e. The molecular formula is C16H21N5O. The van der Waals surface area contributed by atoms with Gasteiger partial charge in [0.1, 0.15) is 11.5 Å². The molecule has 22 heavy (non-hydrogen) atoms. The first-order chi connectivity index (χ1) is 10.6. The molecular weight excluding hydrogens is 278 g/mol. The van der Waals surface area contributed by atoms with Crippen LogP contribution in [-0.4, -0.2) is 26.0 Å². The summed E-state index contributed by atoms with van der Waals surface area (Å²) in [6.45, 7) is 7.69. The molecule has 6 heteroatoms. The summed E-state index contributed by atoms with van der Waals surface area (Å²) in [6.07, 6.45) is 5.76. The summed E-state index contributed by atoms with van der Waals surface area (Å²) < 4.78 is 7.62. The summed E-state index contributed by atoms with van der Waals surface area (Å²) in [6, 6.07) is 4.22. The van der Waals surface area contributed by atoms with Crippen molar-refractivity contribution < 1.29 is 4.42 Å². The third kappa shape index (κ3) is 3.28. The van der Waals surface area contributed by atoms with Crippen molar-refractivity contribution in [2.24, 2.45) is 0 Å². The zero-order chi connectivity index (χ0) is 15.5. The Morgan fingerprint density at radius 1 is 1.32 bits per heavy atom. The molecule has 3 aromatic rings. The van der Waals surface area contributed by atoms with E-state index in [1.54, 1.807) is 0 Å². The molecule has 0 fully saturated rings. The Balaban J connectivity index is 1.61. The van der Waals surface area contributed by atoms with Crippen molar-refractivity contribution in [1.82, 2.24) is 25.3 Å². The van der Waals surface area contributed by atoms with Crippen molar-refractivity contribution in [2.75, 3.05) is 0 Å². The number of hydrogen-bond donors (Lipinski definition) is 2. The lowest BCUT2D eigenvalue weighted by atomic mass is 10.2. The van der Waals surface area contributed by atoms with E-state index in [1.165, 1.54) is 5.56 Å². The maximum absolute atomic E-state index is 5.66. The van der Waals surface area contributed by atoms with E-state index in [9.17, 15) is 0 Å². The third-order valence-electron chi connectivity index (χ3n) is 3.57. The van der Waals surface area contributed by atoms with Gasteiger partial charge in [-0.15, -0.1) is 0 Å². The average molecular weight is 299 g/mol. The number of aromatic amines is 1. The van der Waals surface area contributed by atoms with Crippen molar-refractivity contribution in [3.8, 4) is 11.5 Å². The van der Waals surface area contributed by atoms with Gasteiger partial charge in [0.2, 0.25) is 0 Å². The molecule has 3 heterocycles. The van der Waals surface area contributed by atoms with Crippen molar-refractivity contribution in [3.05, 3.63) is 47.6 Å². The summed E-state index contributed by atoms with van der Waals surface area (Å²) in [4.78, 5) is 0. The second-order valence-electron chi connectivity index (χ2n) is 5.70. The minimum Gasteiger partial charge on any atom is -0.460 e. The molecule has 3 aromatic heterocycles. The highest BCUT2D eigenvalue weighted by Crippen LogP contribution is 2.23. The van der Waals surface area contributed by atoms with Gasteiger partial charge in [-0.3, -0.25) is 9.78 Å². The van der Waals surface area contributed by atoms with Gasteiger partial charge in [0.15, 0.2) is 5.76 Å². The van der Waals surface area contributed by atoms with Gasteiger partial charge in [0.05, 0.1) is 18.9 Å². The number of H-pyrrole nitrogens is 1. The summed E-state index contributed by atoms with van der Waals surface area (Å²) in [5, 5.41) is 15.0. The quantitative estimate of drug-likeness (QED) is 0.734. The molecule has 0 bridgehead atoms. The highest BCUT2D eigenvalue weighted by Gasteiger charge is 2.12. The first kappa shape index (κ1) is 14.6. The molecule has 2 N–H and O–H groups in total. The van der Waals surface area contributed by atoms with Gasteiger partial charge in [-0.1, -0.05) is 0 Å². The zero-order valence-electron chi connectivity index (χ0n) is 13.1. The molecule has 0 amide bonds. The Kier molecular flexibility index (Phi) is 4.11. The van der Waals surface area contributed by atoms with E-state index in [1.807, 2.05) is 49.3 Å². The molecule has 6 nitrogen and oxygen atoms in total. The lowest BCUT2D eigenvalue weighted by molar-refractivity contribution is 0.450. The summed E-state index contributed by atoms with van der Waals surface area (Å²) in [7, 11) is 0. The molecule has 3 rings (SSSR count). The molecule has 0 saturated carbocycles. The SMILES string of the molecule is Cc1cnn(CC(C)NCc2cn[nH]c2-c2ccc(C)o2)c1. The van der Waals surface area contributed by atoms with Crippen LogP contribution < -0.4 is 5.32 Å². The van der Waals surface area contributed by atoms with Crippen molar-refractivity contribution in [3.63, 3.8) is 0 Å². The Morgan fingerprint density at radius 2 is 2.18 bits per heavy atom. The fraction of sp³-hybridized carbons (Fsp3) is 0.375. The van der Waals surface area contributed by atoms with Crippen molar-refractivity contribution >= 4 is 0 Å². The third-order valence-corrected chi connectivity index (χ3v) is 3.57. The lowest BCUT2D eigenvalue weighted by Crippen LogP contribution is -2.30.